The van der Waals surface area contributed by atoms with Crippen molar-refractivity contribution in [2.75, 3.05) is 5.73 Å². The van der Waals surface area contributed by atoms with Crippen LogP contribution in [0.15, 0.2) is 24.3 Å². The van der Waals surface area contributed by atoms with Crippen LogP contribution in [-0.2, 0) is 4.79 Å². The molecule has 2 N–H and O–H groups in total. The SMILES string of the molecule is CCC(=O)CC.Nc1ccccc1I. The highest BCUT2D eigenvalue weighted by Crippen LogP contribution is 2.11. The van der Waals surface area contributed by atoms with Crippen molar-refractivity contribution in [3.8, 4) is 0 Å². The summed E-state index contributed by atoms with van der Waals surface area (Å²) in [5, 5.41) is 0. The molecular weight excluding hydrogens is 289 g/mol. The second-order valence-corrected chi connectivity index (χ2v) is 3.93. The highest BCUT2D eigenvalue weighted by Gasteiger charge is 1.87. The van der Waals surface area contributed by atoms with Crippen molar-refractivity contribution in [2.24, 2.45) is 0 Å². The summed E-state index contributed by atoms with van der Waals surface area (Å²) in [6, 6.07) is 7.77. The van der Waals surface area contributed by atoms with Crippen LogP contribution >= 0.6 is 22.6 Å². The predicted octanol–water partition coefficient (Wildman–Crippen LogP) is 3.25. The molecule has 0 radical (unpaired) electrons. The van der Waals surface area contributed by atoms with Gasteiger partial charge >= 0.3 is 0 Å². The van der Waals surface area contributed by atoms with Gasteiger partial charge in [0.25, 0.3) is 0 Å². The molecule has 1 aromatic rings. The summed E-state index contributed by atoms with van der Waals surface area (Å²) >= 11 is 2.20. The van der Waals surface area contributed by atoms with E-state index in [4.69, 9.17) is 5.73 Å². The van der Waals surface area contributed by atoms with E-state index in [-0.39, 0.29) is 0 Å². The zero-order valence-corrected chi connectivity index (χ0v) is 10.7. The third-order valence-corrected chi connectivity index (χ3v) is 2.68. The molecule has 0 saturated heterocycles. The number of nitrogen functional groups attached to an aromatic ring is 1. The number of rotatable bonds is 2. The molecule has 0 atom stereocenters. The normalized spacial score (nSPS) is 8.79. The van der Waals surface area contributed by atoms with Crippen molar-refractivity contribution in [3.05, 3.63) is 27.8 Å². The van der Waals surface area contributed by atoms with Crippen molar-refractivity contribution in [3.63, 3.8) is 0 Å². The number of hydrogen-bond donors (Lipinski definition) is 1. The quantitative estimate of drug-likeness (QED) is 0.673. The summed E-state index contributed by atoms with van der Waals surface area (Å²) < 4.78 is 1.12. The Morgan fingerprint density at radius 3 is 2.00 bits per heavy atom. The molecule has 0 aliphatic carbocycles. The van der Waals surface area contributed by atoms with E-state index in [9.17, 15) is 4.79 Å². The summed E-state index contributed by atoms with van der Waals surface area (Å²) in [6.07, 6.45) is 1.38. The number of halogens is 1. The molecule has 0 unspecified atom stereocenters. The number of anilines is 1. The van der Waals surface area contributed by atoms with E-state index >= 15 is 0 Å². The smallest absolute Gasteiger partial charge is 0.132 e. The van der Waals surface area contributed by atoms with E-state index in [0.717, 1.165) is 9.26 Å². The average Bonchev–Trinajstić information content (AvgIpc) is 2.22. The van der Waals surface area contributed by atoms with Gasteiger partial charge in [0.2, 0.25) is 0 Å². The summed E-state index contributed by atoms with van der Waals surface area (Å²) in [4.78, 5) is 10.2. The number of para-hydroxylation sites is 1. The van der Waals surface area contributed by atoms with Gasteiger partial charge in [-0.3, -0.25) is 4.79 Å². The van der Waals surface area contributed by atoms with Crippen molar-refractivity contribution in [2.45, 2.75) is 26.7 Å². The molecule has 0 spiro atoms. The number of ketones is 1. The Balaban J connectivity index is 0.000000255. The van der Waals surface area contributed by atoms with Gasteiger partial charge in [-0.05, 0) is 34.7 Å². The number of nitrogens with two attached hydrogens (primary N) is 1. The van der Waals surface area contributed by atoms with Gasteiger partial charge in [0.15, 0.2) is 0 Å². The number of Topliss-reactive ketones (excluding diaryl/α,β-unsaturated/α-hetero) is 1. The minimum Gasteiger partial charge on any atom is -0.398 e. The Hall–Kier alpha value is -0.580. The minimum absolute atomic E-state index is 0.343. The lowest BCUT2D eigenvalue weighted by Crippen LogP contribution is -1.88. The van der Waals surface area contributed by atoms with Crippen LogP contribution in [0.25, 0.3) is 0 Å². The monoisotopic (exact) mass is 305 g/mol. The van der Waals surface area contributed by atoms with Gasteiger partial charge in [-0.15, -0.1) is 0 Å². The Labute approximate surface area is 99.0 Å². The fourth-order valence-corrected chi connectivity index (χ4v) is 1.11. The van der Waals surface area contributed by atoms with Crippen LogP contribution < -0.4 is 5.73 Å². The number of hydrogen-bond acceptors (Lipinski definition) is 2. The van der Waals surface area contributed by atoms with Crippen molar-refractivity contribution in [1.82, 2.24) is 0 Å². The fraction of sp³-hybridized carbons (Fsp3) is 0.364. The lowest BCUT2D eigenvalue weighted by atomic mass is 10.3. The maximum absolute atomic E-state index is 10.2. The molecule has 0 heterocycles. The standard InChI is InChI=1S/C6H6IN.C5H10O/c7-5-3-1-2-4-6(5)8;1-3-5(6)4-2/h1-4H,8H2;3-4H2,1-2H3. The van der Waals surface area contributed by atoms with E-state index in [2.05, 4.69) is 22.6 Å². The number of benzene rings is 1. The molecule has 0 fully saturated rings. The van der Waals surface area contributed by atoms with Crippen LogP contribution in [0.4, 0.5) is 5.69 Å². The minimum atomic E-state index is 0.343. The van der Waals surface area contributed by atoms with Gasteiger partial charge in [0.1, 0.15) is 5.78 Å². The maximum atomic E-state index is 10.2. The molecule has 3 heteroatoms. The summed E-state index contributed by atoms with van der Waals surface area (Å²) in [5.74, 6) is 0.343. The first-order chi connectivity index (χ1) is 6.61. The second-order valence-electron chi connectivity index (χ2n) is 2.77. The van der Waals surface area contributed by atoms with Gasteiger partial charge in [-0.1, -0.05) is 26.0 Å². The van der Waals surface area contributed by atoms with E-state index in [1.165, 1.54) is 0 Å². The van der Waals surface area contributed by atoms with E-state index < -0.39 is 0 Å². The highest BCUT2D eigenvalue weighted by molar-refractivity contribution is 14.1. The van der Waals surface area contributed by atoms with E-state index in [0.29, 0.717) is 18.6 Å². The van der Waals surface area contributed by atoms with Crippen LogP contribution in [0.2, 0.25) is 0 Å². The van der Waals surface area contributed by atoms with Gasteiger partial charge in [0, 0.05) is 22.1 Å². The molecule has 0 saturated carbocycles. The summed E-state index contributed by atoms with van der Waals surface area (Å²) in [5.41, 5.74) is 6.37. The average molecular weight is 305 g/mol. The molecular formula is C11H16INO. The van der Waals surface area contributed by atoms with Gasteiger partial charge in [-0.25, -0.2) is 0 Å². The molecule has 1 aromatic carbocycles. The third-order valence-electron chi connectivity index (χ3n) is 1.69. The molecule has 0 amide bonds. The lowest BCUT2D eigenvalue weighted by molar-refractivity contribution is -0.118. The van der Waals surface area contributed by atoms with Crippen molar-refractivity contribution >= 4 is 34.1 Å². The zero-order chi connectivity index (χ0) is 11.0. The summed E-state index contributed by atoms with van der Waals surface area (Å²) in [7, 11) is 0. The van der Waals surface area contributed by atoms with E-state index in [1.807, 2.05) is 38.1 Å². The first-order valence-corrected chi connectivity index (χ1v) is 5.71. The van der Waals surface area contributed by atoms with Crippen LogP contribution in [-0.4, -0.2) is 5.78 Å². The lowest BCUT2D eigenvalue weighted by Gasteiger charge is -1.91. The summed E-state index contributed by atoms with van der Waals surface area (Å²) in [6.45, 7) is 3.76. The molecule has 1 rings (SSSR count). The molecule has 0 aliphatic heterocycles. The zero-order valence-electron chi connectivity index (χ0n) is 8.59. The Morgan fingerprint density at radius 2 is 1.79 bits per heavy atom. The third kappa shape index (κ3) is 5.96. The molecule has 0 aliphatic rings. The van der Waals surface area contributed by atoms with Crippen molar-refractivity contribution in [1.29, 1.82) is 0 Å². The first-order valence-electron chi connectivity index (χ1n) is 4.63. The van der Waals surface area contributed by atoms with Crippen LogP contribution in [0.3, 0.4) is 0 Å². The van der Waals surface area contributed by atoms with E-state index in [1.54, 1.807) is 0 Å². The van der Waals surface area contributed by atoms with Gasteiger partial charge in [0.05, 0.1) is 0 Å². The Bertz CT molecular complexity index is 259. The van der Waals surface area contributed by atoms with Gasteiger partial charge in [-0.2, -0.15) is 0 Å². The molecule has 14 heavy (non-hydrogen) atoms. The topological polar surface area (TPSA) is 43.1 Å². The highest BCUT2D eigenvalue weighted by atomic mass is 127. The Kier molecular flexibility index (Phi) is 7.47. The first kappa shape index (κ1) is 13.4. The van der Waals surface area contributed by atoms with Crippen LogP contribution in [0.1, 0.15) is 26.7 Å². The van der Waals surface area contributed by atoms with Crippen LogP contribution in [0.5, 0.6) is 0 Å². The molecule has 0 aromatic heterocycles. The largest absolute Gasteiger partial charge is 0.398 e. The molecule has 78 valence electrons. The number of carbonyl (C=O) groups excluding carboxylic acids is 1. The van der Waals surface area contributed by atoms with Gasteiger partial charge < -0.3 is 5.73 Å². The fourth-order valence-electron chi connectivity index (χ4n) is 0.725. The van der Waals surface area contributed by atoms with Crippen molar-refractivity contribution < 1.29 is 4.79 Å². The second kappa shape index (κ2) is 7.79. The molecule has 2 nitrogen and oxygen atoms in total. The van der Waals surface area contributed by atoms with Crippen LogP contribution in [0, 0.1) is 3.57 Å². The Morgan fingerprint density at radius 1 is 1.29 bits per heavy atom. The predicted molar refractivity (Wildman–Crippen MR) is 69.2 cm³/mol. The maximum Gasteiger partial charge on any atom is 0.132 e. The molecule has 0 bridgehead atoms. The number of carbonyl (C=O) groups is 1.